The van der Waals surface area contributed by atoms with Gasteiger partial charge < -0.3 is 5.32 Å². The zero-order valence-corrected chi connectivity index (χ0v) is 34.6. The second kappa shape index (κ2) is 15.9. The fourth-order valence-corrected chi connectivity index (χ4v) is 9.18. The number of nitrogens with one attached hydrogen (secondary N) is 2. The number of alkyl halides is 6. The molecule has 24 heteroatoms. The lowest BCUT2D eigenvalue weighted by Crippen LogP contribution is -2.38. The number of carbonyl (C=O) groups excluding carboxylic acids is 1. The Labute approximate surface area is 364 Å². The number of pyridine rings is 1. The second-order valence-electron chi connectivity index (χ2n) is 15.5. The van der Waals surface area contributed by atoms with E-state index in [1.807, 2.05) is 0 Å². The molecule has 9 rings (SSSR count). The number of fused-ring (bicyclic) bond motifs is 5. The third kappa shape index (κ3) is 7.93. The maximum Gasteiger partial charge on any atom is 0.293 e. The van der Waals surface area contributed by atoms with Crippen molar-refractivity contribution in [2.24, 2.45) is 5.92 Å². The third-order valence-electron chi connectivity index (χ3n) is 11.0. The summed E-state index contributed by atoms with van der Waals surface area (Å²) in [5.41, 5.74) is -4.61. The molecule has 0 spiro atoms. The van der Waals surface area contributed by atoms with Crippen LogP contribution < -0.4 is 15.6 Å². The average Bonchev–Trinajstić information content (AvgIpc) is 3.74. The van der Waals surface area contributed by atoms with Gasteiger partial charge in [-0.25, -0.2) is 49.1 Å². The molecular weight excluding hydrogens is 921 g/mol. The fourth-order valence-electron chi connectivity index (χ4n) is 8.45. The summed E-state index contributed by atoms with van der Waals surface area (Å²) >= 11 is 6.55. The van der Waals surface area contributed by atoms with Crippen molar-refractivity contribution in [3.8, 4) is 16.9 Å². The predicted molar refractivity (Wildman–Crippen MR) is 216 cm³/mol. The number of rotatable bonds is 13. The highest BCUT2D eigenvalue weighted by atomic mass is 35.5. The van der Waals surface area contributed by atoms with E-state index in [1.165, 1.54) is 36.4 Å². The van der Waals surface area contributed by atoms with Crippen LogP contribution in [0.5, 0.6) is 0 Å². The van der Waals surface area contributed by atoms with E-state index >= 15 is 13.2 Å². The van der Waals surface area contributed by atoms with E-state index in [-0.39, 0.29) is 55.8 Å². The Balaban J connectivity index is 1.29. The molecule has 3 aromatic carbocycles. The van der Waals surface area contributed by atoms with E-state index in [1.54, 1.807) is 0 Å². The highest BCUT2D eigenvalue weighted by Crippen LogP contribution is 2.68. The van der Waals surface area contributed by atoms with Crippen LogP contribution in [0.3, 0.4) is 0 Å². The standard InChI is InChI=1S/C41H29ClF9N9O4S/c1-65(63,64)57-38-32-24(42)7-9-28(34(32)58(56-38)15-29(46)47)60-39(54-37-21(40(60)62)6-8-26(53-37)20-4-2-3-5-25(20)45)27(12-17-10-18(43)13-19(44)11-17)52-30(61)16-59-35-31(33(55-59)36(48)49)22-14-23(22)41(35,50)51/h2-11,13,22-23,27,29,36H,12,14-16H2,1H3,(H,52,61)(H,56,57)/t22-,23+,27-/m0/s1. The van der Waals surface area contributed by atoms with Crippen LogP contribution in [0, 0.1) is 23.4 Å². The Bertz CT molecular complexity index is 3270. The number of hydrogen-bond acceptors (Lipinski definition) is 8. The molecule has 0 unspecified atom stereocenters. The first kappa shape index (κ1) is 43.7. The number of nitrogens with zero attached hydrogens (tertiary/aromatic N) is 7. The number of carbonyl (C=O) groups is 1. The predicted octanol–water partition coefficient (Wildman–Crippen LogP) is 7.95. The van der Waals surface area contributed by atoms with Crippen LogP contribution in [0.4, 0.5) is 45.3 Å². The molecule has 3 atom stereocenters. The summed E-state index contributed by atoms with van der Waals surface area (Å²) in [6, 6.07) is 10.8. The van der Waals surface area contributed by atoms with E-state index in [0.29, 0.717) is 15.4 Å². The summed E-state index contributed by atoms with van der Waals surface area (Å²) in [5, 5.41) is 9.40. The van der Waals surface area contributed by atoms with Gasteiger partial charge in [-0.05, 0) is 66.4 Å². The zero-order chi connectivity index (χ0) is 46.4. The molecule has 1 amide bonds. The summed E-state index contributed by atoms with van der Waals surface area (Å²) in [6.07, 6.45) is -6.38. The van der Waals surface area contributed by atoms with Gasteiger partial charge in [-0.2, -0.15) is 19.0 Å². The summed E-state index contributed by atoms with van der Waals surface area (Å²) in [4.78, 5) is 38.1. The van der Waals surface area contributed by atoms with Crippen molar-refractivity contribution in [2.45, 2.75) is 56.7 Å². The van der Waals surface area contributed by atoms with Gasteiger partial charge in [0.15, 0.2) is 11.5 Å². The van der Waals surface area contributed by atoms with Gasteiger partial charge >= 0.3 is 0 Å². The maximum absolute atomic E-state index is 15.5. The Morgan fingerprint density at radius 1 is 0.954 bits per heavy atom. The summed E-state index contributed by atoms with van der Waals surface area (Å²) < 4.78 is 161. The number of benzene rings is 3. The smallest absolute Gasteiger partial charge is 0.293 e. The molecule has 1 saturated carbocycles. The summed E-state index contributed by atoms with van der Waals surface area (Å²) in [7, 11) is -4.16. The molecule has 4 heterocycles. The van der Waals surface area contributed by atoms with Crippen molar-refractivity contribution in [1.29, 1.82) is 0 Å². The normalized spacial score (nSPS) is 16.9. The van der Waals surface area contributed by atoms with Crippen LogP contribution in [0.15, 0.2) is 71.5 Å². The van der Waals surface area contributed by atoms with Crippen molar-refractivity contribution < 1.29 is 52.7 Å². The molecule has 1 fully saturated rings. The zero-order valence-electron chi connectivity index (χ0n) is 33.0. The lowest BCUT2D eigenvalue weighted by molar-refractivity contribution is -0.123. The first-order valence-corrected chi connectivity index (χ1v) is 21.6. The van der Waals surface area contributed by atoms with Gasteiger partial charge in [0.2, 0.25) is 15.9 Å². The van der Waals surface area contributed by atoms with E-state index in [0.717, 1.165) is 35.1 Å². The lowest BCUT2D eigenvalue weighted by atomic mass is 10.0. The fraction of sp³-hybridized carbons (Fsp3) is 0.268. The summed E-state index contributed by atoms with van der Waals surface area (Å²) in [5.74, 6) is -11.0. The molecule has 0 aliphatic heterocycles. The number of aromatic nitrogens is 7. The Morgan fingerprint density at radius 2 is 1.68 bits per heavy atom. The Kier molecular flexibility index (Phi) is 10.7. The number of halogens is 10. The van der Waals surface area contributed by atoms with Crippen molar-refractivity contribution in [3.05, 3.63) is 128 Å². The van der Waals surface area contributed by atoms with Crippen molar-refractivity contribution in [3.63, 3.8) is 0 Å². The van der Waals surface area contributed by atoms with E-state index < -0.39 is 124 Å². The van der Waals surface area contributed by atoms with Crippen molar-refractivity contribution >= 4 is 55.3 Å². The first-order valence-electron chi connectivity index (χ1n) is 19.4. The van der Waals surface area contributed by atoms with Gasteiger partial charge in [-0.1, -0.05) is 23.7 Å². The Hall–Kier alpha value is -6.49. The van der Waals surface area contributed by atoms with Gasteiger partial charge in [0, 0.05) is 29.5 Å². The molecule has 4 aromatic heterocycles. The molecule has 7 aromatic rings. The maximum atomic E-state index is 15.5. The Morgan fingerprint density at radius 3 is 2.35 bits per heavy atom. The molecule has 0 saturated heterocycles. The summed E-state index contributed by atoms with van der Waals surface area (Å²) in [6.45, 7) is -2.31. The lowest BCUT2D eigenvalue weighted by Gasteiger charge is -2.24. The SMILES string of the molecule is CS(=O)(=O)Nc1nn(CC(F)F)c2c(-n3c([C@H](Cc4cc(F)cc(F)c4)NC(=O)Cn4nc(C(F)F)c5c4C(F)(F)[C@@H]4C[C@H]54)nc4nc(-c5ccccc5F)ccc4c3=O)ccc(Cl)c12. The first-order chi connectivity index (χ1) is 30.7. The van der Waals surface area contributed by atoms with Gasteiger partial charge in [0.05, 0.1) is 45.0 Å². The third-order valence-corrected chi connectivity index (χ3v) is 11.9. The monoisotopic (exact) mass is 949 g/mol. The largest absolute Gasteiger partial charge is 0.344 e. The molecular formula is C41H29ClF9N9O4S. The molecule has 65 heavy (non-hydrogen) atoms. The molecule has 2 N–H and O–H groups in total. The van der Waals surface area contributed by atoms with Crippen LogP contribution in [0.1, 0.15) is 53.1 Å². The number of anilines is 1. The second-order valence-corrected chi connectivity index (χ2v) is 17.7. The molecule has 2 aliphatic carbocycles. The van der Waals surface area contributed by atoms with E-state index in [2.05, 4.69) is 30.2 Å². The van der Waals surface area contributed by atoms with Gasteiger partial charge in [0.1, 0.15) is 47.8 Å². The number of hydrogen-bond donors (Lipinski definition) is 2. The molecule has 13 nitrogen and oxygen atoms in total. The topological polar surface area (TPSA) is 159 Å². The number of amides is 1. The van der Waals surface area contributed by atoms with Gasteiger partial charge in [-0.3, -0.25) is 28.2 Å². The van der Waals surface area contributed by atoms with Crippen LogP contribution in [0.2, 0.25) is 5.02 Å². The van der Waals surface area contributed by atoms with Crippen molar-refractivity contribution in [2.75, 3.05) is 11.0 Å². The minimum absolute atomic E-state index is 0.0346. The van der Waals surface area contributed by atoms with Gasteiger partial charge in [0.25, 0.3) is 24.3 Å². The number of sulfonamides is 1. The molecule has 0 radical (unpaired) electrons. The minimum Gasteiger partial charge on any atom is -0.344 e. The molecule has 338 valence electrons. The van der Waals surface area contributed by atoms with E-state index in [9.17, 15) is 44.3 Å². The molecule has 2 aliphatic rings. The average molecular weight is 950 g/mol. The highest BCUT2D eigenvalue weighted by molar-refractivity contribution is 7.92. The van der Waals surface area contributed by atoms with E-state index in [4.69, 9.17) is 11.6 Å². The highest BCUT2D eigenvalue weighted by Gasteiger charge is 2.67. The van der Waals surface area contributed by atoms with Crippen LogP contribution >= 0.6 is 11.6 Å². The van der Waals surface area contributed by atoms with Crippen molar-refractivity contribution in [1.82, 2.24) is 39.4 Å². The quantitative estimate of drug-likeness (QED) is 0.110. The minimum atomic E-state index is -4.16. The van der Waals surface area contributed by atoms with Crippen LogP contribution in [-0.4, -0.2) is 61.1 Å². The van der Waals surface area contributed by atoms with Crippen LogP contribution in [0.25, 0.3) is 38.9 Å². The van der Waals surface area contributed by atoms with Crippen LogP contribution in [-0.2, 0) is 40.3 Å². The van der Waals surface area contributed by atoms with Gasteiger partial charge in [-0.15, -0.1) is 0 Å². The molecule has 0 bridgehead atoms.